The second kappa shape index (κ2) is 4.66. The van der Waals surface area contributed by atoms with E-state index in [-0.39, 0.29) is 0 Å². The molecule has 1 unspecified atom stereocenters. The molecule has 0 heterocycles. The van der Waals surface area contributed by atoms with Crippen LogP contribution in [0.5, 0.6) is 0 Å². The molecule has 2 nitrogen and oxygen atoms in total. The largest absolute Gasteiger partial charge is 0.543 e. The lowest BCUT2D eigenvalue weighted by Crippen LogP contribution is -1.78. The number of hydrogen-bond acceptors (Lipinski definition) is 2. The minimum atomic E-state index is -1.59. The molecule has 0 aliphatic rings. The van der Waals surface area contributed by atoms with Crippen LogP contribution in [0.3, 0.4) is 0 Å². The molecule has 0 aliphatic heterocycles. The highest BCUT2D eigenvalue weighted by molar-refractivity contribution is 7.44. The zero-order valence-electron chi connectivity index (χ0n) is 5.89. The van der Waals surface area contributed by atoms with Crippen LogP contribution in [0, 0.1) is 0 Å². The lowest BCUT2D eigenvalue weighted by molar-refractivity contribution is 0.354. The fourth-order valence-corrected chi connectivity index (χ4v) is 1.01. The van der Waals surface area contributed by atoms with Crippen molar-refractivity contribution in [1.29, 1.82) is 0 Å². The van der Waals surface area contributed by atoms with E-state index in [4.69, 9.17) is 4.52 Å². The Hall–Kier alpha value is -0.200. The van der Waals surface area contributed by atoms with Gasteiger partial charge in [-0.15, -0.1) is 4.52 Å². The van der Waals surface area contributed by atoms with Crippen LogP contribution in [-0.4, -0.2) is 6.61 Å². The monoisotopic (exact) mass is 147 g/mol. The first kappa shape index (κ1) is 8.80. The van der Waals surface area contributed by atoms with Crippen molar-refractivity contribution < 1.29 is 9.09 Å². The topological polar surface area (TPSA) is 26.3 Å². The van der Waals surface area contributed by atoms with Gasteiger partial charge < -0.3 is 0 Å². The first-order valence-corrected chi connectivity index (χ1v) is 4.18. The van der Waals surface area contributed by atoms with E-state index >= 15 is 0 Å². The highest BCUT2D eigenvalue weighted by atomic mass is 31.1. The summed E-state index contributed by atoms with van der Waals surface area (Å²) < 4.78 is 15.6. The summed E-state index contributed by atoms with van der Waals surface area (Å²) in [6, 6.07) is 0. The molecule has 0 saturated carbocycles. The Labute approximate surface area is 56.8 Å². The van der Waals surface area contributed by atoms with Gasteiger partial charge in [-0.25, -0.2) is 0 Å². The molecule has 0 rings (SSSR count). The molecule has 0 aromatic heterocycles. The van der Waals surface area contributed by atoms with Gasteiger partial charge in [0.1, 0.15) is 6.61 Å². The Morgan fingerprint density at radius 2 is 2.22 bits per heavy atom. The van der Waals surface area contributed by atoms with Crippen LogP contribution in [0.25, 0.3) is 0 Å². The molecule has 0 radical (unpaired) electrons. The Balaban J connectivity index is 3.60. The normalized spacial score (nSPS) is 11.1. The summed E-state index contributed by atoms with van der Waals surface area (Å²) in [7, 11) is -1.59. The van der Waals surface area contributed by atoms with E-state index in [1.807, 2.05) is 13.8 Å². The molecular formula is C6H12O2P+. The van der Waals surface area contributed by atoms with Gasteiger partial charge in [-0.1, -0.05) is 6.92 Å². The van der Waals surface area contributed by atoms with E-state index in [2.05, 4.69) is 6.58 Å². The van der Waals surface area contributed by atoms with Crippen molar-refractivity contribution in [1.82, 2.24) is 0 Å². The molecular weight excluding hydrogens is 135 g/mol. The summed E-state index contributed by atoms with van der Waals surface area (Å²) >= 11 is 0. The summed E-state index contributed by atoms with van der Waals surface area (Å²) in [5.41, 5.74) is 0. The van der Waals surface area contributed by atoms with E-state index < -0.39 is 8.03 Å². The molecule has 3 heteroatoms. The first-order valence-electron chi connectivity index (χ1n) is 3.00. The van der Waals surface area contributed by atoms with E-state index in [0.29, 0.717) is 11.9 Å². The molecule has 0 fully saturated rings. The lowest BCUT2D eigenvalue weighted by atomic mass is 10.5. The molecule has 9 heavy (non-hydrogen) atoms. The van der Waals surface area contributed by atoms with Gasteiger partial charge in [0, 0.05) is 6.42 Å². The zero-order chi connectivity index (χ0) is 7.28. The van der Waals surface area contributed by atoms with E-state index in [0.717, 1.165) is 6.42 Å². The average Bonchev–Trinajstić information content (AvgIpc) is 1.87. The molecule has 0 aromatic carbocycles. The van der Waals surface area contributed by atoms with Crippen LogP contribution in [0.1, 0.15) is 20.3 Å². The second-order valence-corrected chi connectivity index (χ2v) is 3.00. The smallest absolute Gasteiger partial charge is 0.142 e. The van der Waals surface area contributed by atoms with Crippen molar-refractivity contribution >= 4 is 8.03 Å². The van der Waals surface area contributed by atoms with Crippen LogP contribution < -0.4 is 0 Å². The molecule has 0 N–H and O–H groups in total. The lowest BCUT2D eigenvalue weighted by Gasteiger charge is -1.83. The number of hydrogen-bond donors (Lipinski definition) is 0. The van der Waals surface area contributed by atoms with Crippen molar-refractivity contribution in [3.8, 4) is 0 Å². The summed E-state index contributed by atoms with van der Waals surface area (Å²) in [5.74, 6) is 0. The summed E-state index contributed by atoms with van der Waals surface area (Å²) in [5, 5.41) is 0.687. The quantitative estimate of drug-likeness (QED) is 0.571. The van der Waals surface area contributed by atoms with Crippen LogP contribution >= 0.6 is 8.03 Å². The van der Waals surface area contributed by atoms with E-state index in [1.54, 1.807) is 0 Å². The standard InChI is InChI=1S/C6H12O2P/c1-4-6(3)9(7)8-5-2/h3-5H2,1-2H3/q+1. The number of rotatable bonds is 4. The Morgan fingerprint density at radius 1 is 1.67 bits per heavy atom. The van der Waals surface area contributed by atoms with Crippen LogP contribution in [-0.2, 0) is 9.09 Å². The summed E-state index contributed by atoms with van der Waals surface area (Å²) in [4.78, 5) is 0. The predicted molar refractivity (Wildman–Crippen MR) is 38.7 cm³/mol. The average molecular weight is 147 g/mol. The fourth-order valence-electron chi connectivity index (χ4n) is 0.338. The SMILES string of the molecule is C=C(CC)[P+](=O)OCC. The van der Waals surface area contributed by atoms with Gasteiger partial charge in [0.05, 0.1) is 0 Å². The van der Waals surface area contributed by atoms with Gasteiger partial charge in [0.2, 0.25) is 0 Å². The molecule has 0 saturated heterocycles. The Bertz CT molecular complexity index is 120. The van der Waals surface area contributed by atoms with Gasteiger partial charge in [0.25, 0.3) is 0 Å². The Kier molecular flexibility index (Phi) is 4.55. The first-order chi connectivity index (χ1) is 4.22. The third kappa shape index (κ3) is 3.39. The number of allylic oxidation sites excluding steroid dienone is 1. The van der Waals surface area contributed by atoms with Crippen molar-refractivity contribution in [2.75, 3.05) is 6.61 Å². The molecule has 0 bridgehead atoms. The predicted octanol–water partition coefficient (Wildman–Crippen LogP) is 2.69. The van der Waals surface area contributed by atoms with Gasteiger partial charge >= 0.3 is 8.03 Å². The Morgan fingerprint density at radius 3 is 2.56 bits per heavy atom. The molecule has 0 aromatic rings. The fraction of sp³-hybridized carbons (Fsp3) is 0.667. The third-order valence-electron chi connectivity index (χ3n) is 0.913. The minimum Gasteiger partial charge on any atom is -0.142 e. The minimum absolute atomic E-state index is 0.494. The van der Waals surface area contributed by atoms with Crippen LogP contribution in [0.4, 0.5) is 0 Å². The van der Waals surface area contributed by atoms with Gasteiger partial charge in [-0.05, 0) is 18.1 Å². The van der Waals surface area contributed by atoms with E-state index in [1.165, 1.54) is 0 Å². The summed E-state index contributed by atoms with van der Waals surface area (Å²) in [6.07, 6.45) is 0.731. The molecule has 1 atom stereocenters. The van der Waals surface area contributed by atoms with Gasteiger partial charge in [0.15, 0.2) is 5.31 Å². The maximum absolute atomic E-state index is 10.8. The van der Waals surface area contributed by atoms with Crippen molar-refractivity contribution in [3.63, 3.8) is 0 Å². The summed E-state index contributed by atoms with van der Waals surface area (Å²) in [6.45, 7) is 7.80. The van der Waals surface area contributed by atoms with E-state index in [9.17, 15) is 4.57 Å². The van der Waals surface area contributed by atoms with Crippen molar-refractivity contribution in [2.45, 2.75) is 20.3 Å². The van der Waals surface area contributed by atoms with Crippen molar-refractivity contribution in [2.24, 2.45) is 0 Å². The molecule has 0 amide bonds. The third-order valence-corrected chi connectivity index (χ3v) is 2.24. The highest BCUT2D eigenvalue weighted by Crippen LogP contribution is 2.33. The van der Waals surface area contributed by atoms with Gasteiger partial charge in [-0.3, -0.25) is 0 Å². The van der Waals surface area contributed by atoms with Crippen LogP contribution in [0.2, 0.25) is 0 Å². The molecule has 52 valence electrons. The molecule has 0 aliphatic carbocycles. The maximum Gasteiger partial charge on any atom is 0.543 e. The maximum atomic E-state index is 10.8. The second-order valence-electron chi connectivity index (χ2n) is 1.59. The highest BCUT2D eigenvalue weighted by Gasteiger charge is 2.19. The van der Waals surface area contributed by atoms with Crippen molar-refractivity contribution in [3.05, 3.63) is 11.9 Å². The van der Waals surface area contributed by atoms with Crippen LogP contribution in [0.15, 0.2) is 11.9 Å². The zero-order valence-corrected chi connectivity index (χ0v) is 6.78. The van der Waals surface area contributed by atoms with Gasteiger partial charge in [-0.2, -0.15) is 0 Å². The molecule has 0 spiro atoms.